The molecule has 1 aromatic rings. The fourth-order valence-electron chi connectivity index (χ4n) is 8.13. The smallest absolute Gasteiger partial charge is 0.338 e. The first-order valence-electron chi connectivity index (χ1n) is 20.1. The van der Waals surface area contributed by atoms with E-state index in [-0.39, 0.29) is 23.8 Å². The Balaban J connectivity index is 1.58. The van der Waals surface area contributed by atoms with Gasteiger partial charge in [0, 0.05) is 25.2 Å². The summed E-state index contributed by atoms with van der Waals surface area (Å²) in [6, 6.07) is -5.33. The van der Waals surface area contributed by atoms with Gasteiger partial charge in [-0.05, 0) is 55.4 Å². The summed E-state index contributed by atoms with van der Waals surface area (Å²) in [5.74, 6) is -9.60. The van der Waals surface area contributed by atoms with Crippen molar-refractivity contribution in [2.75, 3.05) is 6.54 Å². The zero-order valence-corrected chi connectivity index (χ0v) is 33.8. The summed E-state index contributed by atoms with van der Waals surface area (Å²) in [4.78, 5) is 135. The molecule has 9 N–H and O–H groups in total. The molecular weight excluding hydrogens is 768 g/mol. The standard InChI is InChI=1S/C40H56N8O11/c1-40(2,3)31(47-35(54)26(14-15-28(50)32(41)51)44-34(53)24-16-17-43-19-25(24)39(58)59)38(57)48-20-23(49)18-27(48)36(55)46-30(22-12-8-5-9-13-22)37(56)45-29(33(42)52)21-10-6-4-7-11-21/h16-17,19,21-22,26-27,29-31H,4-15,18,20H2,1-3H3,(H2,41,51)(H2,42,52)(H,44,53)(H,45,56)(H,46,55)(H,47,54)(H,58,59)/t26-,27-,29-,30-,31+/m0/s1. The van der Waals surface area contributed by atoms with E-state index in [0.717, 1.165) is 74.7 Å². The van der Waals surface area contributed by atoms with Crippen molar-refractivity contribution < 1.29 is 53.1 Å². The van der Waals surface area contributed by atoms with Crippen LogP contribution >= 0.6 is 0 Å². The monoisotopic (exact) mass is 824 g/mol. The first-order valence-corrected chi connectivity index (χ1v) is 20.1. The lowest BCUT2D eigenvalue weighted by Gasteiger charge is -2.37. The lowest BCUT2D eigenvalue weighted by atomic mass is 9.81. The molecule has 4 rings (SSSR count). The SMILES string of the molecule is CC(C)(C)[C@H](NC(=O)[C@H](CCC(=O)C(N)=O)NC(=O)c1ccncc1C(=O)O)C(=O)N1CC(=O)C[C@H]1C(=O)N[C@H](C(=O)N[C@H](C(N)=O)C1CCCCC1)C1CCCCC1. The van der Waals surface area contributed by atoms with Crippen LogP contribution in [0.25, 0.3) is 0 Å². The Morgan fingerprint density at radius 3 is 1.95 bits per heavy atom. The Kier molecular flexibility index (Phi) is 15.8. The molecule has 1 aromatic heterocycles. The molecule has 1 aliphatic heterocycles. The topological polar surface area (TPSA) is 307 Å². The molecule has 322 valence electrons. The lowest BCUT2D eigenvalue weighted by Crippen LogP contribution is -2.62. The van der Waals surface area contributed by atoms with E-state index < -0.39 is 119 Å². The fraction of sp³-hybridized carbons (Fsp3) is 0.625. The highest BCUT2D eigenvalue weighted by atomic mass is 16.4. The van der Waals surface area contributed by atoms with Crippen LogP contribution in [0.1, 0.15) is 125 Å². The van der Waals surface area contributed by atoms with Crippen molar-refractivity contribution in [1.82, 2.24) is 31.2 Å². The molecule has 7 amide bonds. The van der Waals surface area contributed by atoms with Gasteiger partial charge in [-0.2, -0.15) is 0 Å². The Hall–Kier alpha value is -5.75. The Bertz CT molecular complexity index is 1820. The van der Waals surface area contributed by atoms with Crippen molar-refractivity contribution in [3.05, 3.63) is 29.6 Å². The summed E-state index contributed by atoms with van der Waals surface area (Å²) in [7, 11) is 0. The molecule has 0 unspecified atom stereocenters. The van der Waals surface area contributed by atoms with Gasteiger partial charge >= 0.3 is 5.97 Å². The van der Waals surface area contributed by atoms with Crippen LogP contribution in [-0.4, -0.2) is 111 Å². The number of likely N-dealkylation sites (tertiary alicyclic amines) is 1. The molecule has 0 spiro atoms. The molecule has 3 aliphatic rings. The summed E-state index contributed by atoms with van der Waals surface area (Å²) < 4.78 is 0. The number of carbonyl (C=O) groups excluding carboxylic acids is 9. The second-order valence-electron chi connectivity index (χ2n) is 16.8. The summed E-state index contributed by atoms with van der Waals surface area (Å²) in [6.45, 7) is 4.33. The molecule has 59 heavy (non-hydrogen) atoms. The van der Waals surface area contributed by atoms with Crippen molar-refractivity contribution in [2.45, 2.75) is 134 Å². The number of amides is 7. The molecule has 19 heteroatoms. The largest absolute Gasteiger partial charge is 0.478 e. The molecule has 2 aliphatic carbocycles. The zero-order chi connectivity index (χ0) is 43.6. The van der Waals surface area contributed by atoms with Crippen molar-refractivity contribution in [3.8, 4) is 0 Å². The normalized spacial score (nSPS) is 19.7. The number of Topliss-reactive ketones (excluding diaryl/α,β-unsaturated/α-hetero) is 2. The van der Waals surface area contributed by atoms with Crippen LogP contribution in [0, 0.1) is 17.3 Å². The Morgan fingerprint density at radius 1 is 0.814 bits per heavy atom. The van der Waals surface area contributed by atoms with Gasteiger partial charge in [-0.1, -0.05) is 59.3 Å². The van der Waals surface area contributed by atoms with Crippen LogP contribution in [0.4, 0.5) is 0 Å². The molecule has 0 bridgehead atoms. The molecule has 1 saturated heterocycles. The van der Waals surface area contributed by atoms with E-state index in [1.54, 1.807) is 20.8 Å². The van der Waals surface area contributed by atoms with Gasteiger partial charge in [0.2, 0.25) is 35.3 Å². The van der Waals surface area contributed by atoms with Crippen molar-refractivity contribution in [3.63, 3.8) is 0 Å². The van der Waals surface area contributed by atoms with E-state index in [4.69, 9.17) is 11.5 Å². The summed E-state index contributed by atoms with van der Waals surface area (Å²) in [6.07, 6.45) is 8.70. The van der Waals surface area contributed by atoms with Gasteiger partial charge in [-0.3, -0.25) is 48.1 Å². The molecule has 5 atom stereocenters. The summed E-state index contributed by atoms with van der Waals surface area (Å²) in [5, 5.41) is 20.1. The maximum absolute atomic E-state index is 14.4. The van der Waals surface area contributed by atoms with E-state index in [9.17, 15) is 53.1 Å². The predicted molar refractivity (Wildman–Crippen MR) is 209 cm³/mol. The number of rotatable bonds is 17. The number of nitrogens with zero attached hydrogens (tertiary/aromatic N) is 2. The zero-order valence-electron chi connectivity index (χ0n) is 33.8. The first kappa shape index (κ1) is 45.9. The van der Waals surface area contributed by atoms with Gasteiger partial charge in [0.15, 0.2) is 5.78 Å². The molecule has 2 heterocycles. The number of aromatic carboxylic acids is 1. The number of carboxylic acids is 1. The van der Waals surface area contributed by atoms with E-state index in [1.807, 2.05) is 0 Å². The lowest BCUT2D eigenvalue weighted by molar-refractivity contribution is -0.145. The minimum absolute atomic E-state index is 0.146. The van der Waals surface area contributed by atoms with Crippen LogP contribution in [0.5, 0.6) is 0 Å². The number of aromatic nitrogens is 1. The second-order valence-corrected chi connectivity index (χ2v) is 16.8. The number of ketones is 2. The molecule has 0 aromatic carbocycles. The third-order valence-electron chi connectivity index (χ3n) is 11.4. The van der Waals surface area contributed by atoms with Gasteiger partial charge in [0.25, 0.3) is 11.8 Å². The Labute approximate surface area is 341 Å². The number of carboxylic acid groups (broad SMARTS) is 1. The number of nitrogens with two attached hydrogens (primary N) is 2. The van der Waals surface area contributed by atoms with Gasteiger partial charge in [-0.25, -0.2) is 4.79 Å². The van der Waals surface area contributed by atoms with E-state index in [2.05, 4.69) is 26.3 Å². The van der Waals surface area contributed by atoms with Crippen LogP contribution in [0.2, 0.25) is 0 Å². The quantitative estimate of drug-likeness (QED) is 0.102. The molecule has 0 radical (unpaired) electrons. The third kappa shape index (κ3) is 12.1. The second kappa shape index (κ2) is 20.3. The van der Waals surface area contributed by atoms with Crippen molar-refractivity contribution in [2.24, 2.45) is 28.7 Å². The van der Waals surface area contributed by atoms with Crippen LogP contribution in [-0.2, 0) is 38.4 Å². The average molecular weight is 825 g/mol. The highest BCUT2D eigenvalue weighted by molar-refractivity contribution is 6.35. The molecule has 3 fully saturated rings. The van der Waals surface area contributed by atoms with Crippen LogP contribution in [0.15, 0.2) is 18.5 Å². The first-order chi connectivity index (χ1) is 27.8. The number of hydrogen-bond donors (Lipinski definition) is 7. The molecule has 19 nitrogen and oxygen atoms in total. The van der Waals surface area contributed by atoms with Gasteiger partial charge in [-0.15, -0.1) is 0 Å². The van der Waals surface area contributed by atoms with Crippen molar-refractivity contribution in [1.29, 1.82) is 0 Å². The van der Waals surface area contributed by atoms with Crippen molar-refractivity contribution >= 4 is 58.9 Å². The van der Waals surface area contributed by atoms with E-state index >= 15 is 0 Å². The van der Waals surface area contributed by atoms with Crippen LogP contribution < -0.4 is 32.7 Å². The number of nitrogens with one attached hydrogen (secondary N) is 4. The number of hydrogen-bond acceptors (Lipinski definition) is 11. The number of pyridine rings is 1. The van der Waals surface area contributed by atoms with E-state index in [1.165, 1.54) is 0 Å². The molecular formula is C40H56N8O11. The number of primary amides is 2. The highest BCUT2D eigenvalue weighted by Crippen LogP contribution is 2.30. The maximum atomic E-state index is 14.4. The summed E-state index contributed by atoms with van der Waals surface area (Å²) >= 11 is 0. The maximum Gasteiger partial charge on any atom is 0.338 e. The van der Waals surface area contributed by atoms with Gasteiger partial charge in [0.05, 0.1) is 17.7 Å². The average Bonchev–Trinajstić information content (AvgIpc) is 3.60. The third-order valence-corrected chi connectivity index (χ3v) is 11.4. The molecule has 2 saturated carbocycles. The van der Waals surface area contributed by atoms with Crippen LogP contribution in [0.3, 0.4) is 0 Å². The minimum atomic E-state index is -1.61. The van der Waals surface area contributed by atoms with E-state index in [0.29, 0.717) is 12.8 Å². The predicted octanol–water partition coefficient (Wildman–Crippen LogP) is 0.0292. The van der Waals surface area contributed by atoms with Gasteiger partial charge < -0.3 is 42.7 Å². The highest BCUT2D eigenvalue weighted by Gasteiger charge is 2.46. The van der Waals surface area contributed by atoms with Gasteiger partial charge in [0.1, 0.15) is 30.2 Å². The number of carbonyl (C=O) groups is 10. The Morgan fingerprint density at radius 2 is 1.41 bits per heavy atom. The summed E-state index contributed by atoms with van der Waals surface area (Å²) in [5.41, 5.74) is 8.91. The fourth-order valence-corrected chi connectivity index (χ4v) is 8.13. The minimum Gasteiger partial charge on any atom is -0.478 e.